The highest BCUT2D eigenvalue weighted by Crippen LogP contribution is 2.42. The molecule has 1 aliphatic carbocycles. The number of hydrogen-bond acceptors (Lipinski definition) is 2. The van der Waals surface area contributed by atoms with Gasteiger partial charge in [-0.1, -0.05) is 37.5 Å². The lowest BCUT2D eigenvalue weighted by Gasteiger charge is -2.40. The summed E-state index contributed by atoms with van der Waals surface area (Å²) in [6.07, 6.45) is 0.567. The Bertz CT molecular complexity index is 607. The van der Waals surface area contributed by atoms with Crippen molar-refractivity contribution in [3.63, 3.8) is 0 Å². The average molecular weight is 391 g/mol. The van der Waals surface area contributed by atoms with Crippen molar-refractivity contribution in [2.45, 2.75) is 50.1 Å². The molecule has 0 aromatic heterocycles. The van der Waals surface area contributed by atoms with Crippen LogP contribution in [0.15, 0.2) is 24.3 Å². The number of nitrogens with zero attached hydrogens (tertiary/aromatic N) is 1. The lowest BCUT2D eigenvalue weighted by Crippen LogP contribution is -2.49. The Morgan fingerprint density at radius 3 is 2.46 bits per heavy atom. The molecule has 0 radical (unpaired) electrons. The van der Waals surface area contributed by atoms with E-state index in [1.807, 2.05) is 4.90 Å². The fourth-order valence-electron chi connectivity index (χ4n) is 4.13. The van der Waals surface area contributed by atoms with Crippen LogP contribution in [-0.4, -0.2) is 37.0 Å². The van der Waals surface area contributed by atoms with Gasteiger partial charge < -0.3 is 10.2 Å². The molecule has 1 aliphatic heterocycles. The number of halogens is 4. The number of amides is 1. The van der Waals surface area contributed by atoms with E-state index in [1.54, 1.807) is 6.07 Å². The molecule has 1 saturated carbocycles. The fraction of sp³-hybridized carbons (Fsp3) is 0.632. The van der Waals surface area contributed by atoms with E-state index in [-0.39, 0.29) is 18.3 Å². The summed E-state index contributed by atoms with van der Waals surface area (Å²) in [5.41, 5.74) is -0.936. The zero-order chi connectivity index (χ0) is 17.9. The number of rotatable bonds is 2. The fourth-order valence-corrected chi connectivity index (χ4v) is 4.13. The summed E-state index contributed by atoms with van der Waals surface area (Å²) in [5, 5.41) is 3.27. The largest absolute Gasteiger partial charge is 0.416 e. The highest BCUT2D eigenvalue weighted by Gasteiger charge is 2.44. The molecule has 1 aromatic carbocycles. The van der Waals surface area contributed by atoms with Crippen LogP contribution in [0, 0.1) is 0 Å². The van der Waals surface area contributed by atoms with Crippen LogP contribution in [0.1, 0.15) is 49.7 Å². The standard InChI is InChI=1S/C19H25F3N2O.ClH/c20-19(21,22)16-7-4-6-15(14-16)18(8-2-1-3-9-18)17(25)24-12-5-10-23-11-13-24;/h4,6-7,14,23H,1-3,5,8-13H2;1H. The van der Waals surface area contributed by atoms with Crippen molar-refractivity contribution in [3.05, 3.63) is 35.4 Å². The Hall–Kier alpha value is -1.27. The van der Waals surface area contributed by atoms with Gasteiger partial charge >= 0.3 is 6.18 Å². The highest BCUT2D eigenvalue weighted by atomic mass is 35.5. The van der Waals surface area contributed by atoms with Crippen LogP contribution in [0.3, 0.4) is 0 Å². The predicted octanol–water partition coefficient (Wildman–Crippen LogP) is 4.15. The number of carbonyl (C=O) groups is 1. The van der Waals surface area contributed by atoms with E-state index in [4.69, 9.17) is 0 Å². The summed E-state index contributed by atoms with van der Waals surface area (Å²) in [4.78, 5) is 15.3. The van der Waals surface area contributed by atoms with Gasteiger partial charge in [0.05, 0.1) is 11.0 Å². The topological polar surface area (TPSA) is 32.3 Å². The molecular weight excluding hydrogens is 365 g/mol. The van der Waals surface area contributed by atoms with Crippen molar-refractivity contribution < 1.29 is 18.0 Å². The molecule has 0 unspecified atom stereocenters. The molecule has 0 spiro atoms. The third-order valence-corrected chi connectivity index (χ3v) is 5.49. The van der Waals surface area contributed by atoms with Gasteiger partial charge in [-0.15, -0.1) is 12.4 Å². The minimum Gasteiger partial charge on any atom is -0.341 e. The van der Waals surface area contributed by atoms with Crippen LogP contribution in [0.2, 0.25) is 0 Å². The highest BCUT2D eigenvalue weighted by molar-refractivity contribution is 5.88. The van der Waals surface area contributed by atoms with Crippen molar-refractivity contribution in [2.75, 3.05) is 26.2 Å². The first-order chi connectivity index (χ1) is 11.9. The summed E-state index contributed by atoms with van der Waals surface area (Å²) < 4.78 is 39.5. The van der Waals surface area contributed by atoms with Gasteiger partial charge in [0, 0.05) is 19.6 Å². The zero-order valence-electron chi connectivity index (χ0n) is 14.8. The maximum absolute atomic E-state index is 13.4. The summed E-state index contributed by atoms with van der Waals surface area (Å²) in [7, 11) is 0. The molecule has 7 heteroatoms. The van der Waals surface area contributed by atoms with E-state index < -0.39 is 17.2 Å². The van der Waals surface area contributed by atoms with E-state index in [1.165, 1.54) is 12.1 Å². The van der Waals surface area contributed by atoms with Crippen LogP contribution < -0.4 is 5.32 Å². The van der Waals surface area contributed by atoms with Crippen LogP contribution in [0.5, 0.6) is 0 Å². The van der Waals surface area contributed by atoms with E-state index in [0.29, 0.717) is 31.5 Å². The molecule has 1 heterocycles. The lowest BCUT2D eigenvalue weighted by atomic mass is 9.68. The monoisotopic (exact) mass is 390 g/mol. The molecule has 3 rings (SSSR count). The molecular formula is C19H26ClF3N2O. The van der Waals surface area contributed by atoms with Gasteiger partial charge in [0.15, 0.2) is 0 Å². The molecule has 1 amide bonds. The minimum absolute atomic E-state index is 0. The molecule has 1 aromatic rings. The number of carbonyl (C=O) groups excluding carboxylic acids is 1. The second kappa shape index (κ2) is 8.61. The Labute approximate surface area is 158 Å². The third-order valence-electron chi connectivity index (χ3n) is 5.49. The molecule has 2 fully saturated rings. The Balaban J connectivity index is 0.00000243. The summed E-state index contributed by atoms with van der Waals surface area (Å²) in [6.45, 7) is 2.91. The van der Waals surface area contributed by atoms with Gasteiger partial charge in [0.2, 0.25) is 5.91 Å². The predicted molar refractivity (Wildman–Crippen MR) is 97.5 cm³/mol. The number of hydrogen-bond donors (Lipinski definition) is 1. The SMILES string of the molecule is Cl.O=C(N1CCCNCC1)C1(c2cccc(C(F)(F)F)c2)CCCCC1. The van der Waals surface area contributed by atoms with Crippen LogP contribution >= 0.6 is 12.4 Å². The summed E-state index contributed by atoms with van der Waals surface area (Å²) in [6, 6.07) is 5.42. The Morgan fingerprint density at radius 1 is 1.04 bits per heavy atom. The summed E-state index contributed by atoms with van der Waals surface area (Å²) >= 11 is 0. The number of benzene rings is 1. The van der Waals surface area contributed by atoms with E-state index in [0.717, 1.165) is 44.8 Å². The lowest BCUT2D eigenvalue weighted by molar-refractivity contribution is -0.140. The molecule has 2 aliphatic rings. The second-order valence-corrected chi connectivity index (χ2v) is 7.12. The molecule has 1 saturated heterocycles. The second-order valence-electron chi connectivity index (χ2n) is 7.12. The van der Waals surface area contributed by atoms with Crippen LogP contribution in [-0.2, 0) is 16.4 Å². The Morgan fingerprint density at radius 2 is 1.77 bits per heavy atom. The van der Waals surface area contributed by atoms with E-state index >= 15 is 0 Å². The normalized spacial score (nSPS) is 20.8. The average Bonchev–Trinajstić information content (AvgIpc) is 2.90. The van der Waals surface area contributed by atoms with Gasteiger partial charge in [-0.25, -0.2) is 0 Å². The maximum atomic E-state index is 13.4. The molecule has 0 bridgehead atoms. The smallest absolute Gasteiger partial charge is 0.341 e. The first kappa shape index (κ1) is 21.0. The summed E-state index contributed by atoms with van der Waals surface area (Å²) in [5.74, 6) is 0.00947. The van der Waals surface area contributed by atoms with E-state index in [9.17, 15) is 18.0 Å². The molecule has 3 nitrogen and oxygen atoms in total. The van der Waals surface area contributed by atoms with Crippen molar-refractivity contribution in [3.8, 4) is 0 Å². The molecule has 0 atom stereocenters. The van der Waals surface area contributed by atoms with Crippen molar-refractivity contribution >= 4 is 18.3 Å². The van der Waals surface area contributed by atoms with Gasteiger partial charge in [-0.3, -0.25) is 4.79 Å². The number of nitrogens with one attached hydrogen (secondary N) is 1. The Kier molecular flexibility index (Phi) is 6.97. The zero-order valence-corrected chi connectivity index (χ0v) is 15.6. The first-order valence-corrected chi connectivity index (χ1v) is 9.11. The number of alkyl halides is 3. The molecule has 26 heavy (non-hydrogen) atoms. The first-order valence-electron chi connectivity index (χ1n) is 9.11. The van der Waals surface area contributed by atoms with Gasteiger partial charge in [-0.05, 0) is 37.4 Å². The van der Waals surface area contributed by atoms with Gasteiger partial charge in [0.1, 0.15) is 0 Å². The minimum atomic E-state index is -4.39. The van der Waals surface area contributed by atoms with Crippen LogP contribution in [0.25, 0.3) is 0 Å². The van der Waals surface area contributed by atoms with Crippen molar-refractivity contribution in [2.24, 2.45) is 0 Å². The molecule has 146 valence electrons. The van der Waals surface area contributed by atoms with Crippen LogP contribution in [0.4, 0.5) is 13.2 Å². The van der Waals surface area contributed by atoms with Gasteiger partial charge in [-0.2, -0.15) is 13.2 Å². The maximum Gasteiger partial charge on any atom is 0.416 e. The van der Waals surface area contributed by atoms with Gasteiger partial charge in [0.25, 0.3) is 0 Å². The van der Waals surface area contributed by atoms with Crippen molar-refractivity contribution in [1.82, 2.24) is 10.2 Å². The quantitative estimate of drug-likeness (QED) is 0.822. The van der Waals surface area contributed by atoms with Crippen molar-refractivity contribution in [1.29, 1.82) is 0 Å². The van der Waals surface area contributed by atoms with E-state index in [2.05, 4.69) is 5.32 Å². The third kappa shape index (κ3) is 4.34. The molecule has 1 N–H and O–H groups in total.